The van der Waals surface area contributed by atoms with Crippen molar-refractivity contribution in [3.63, 3.8) is 0 Å². The Morgan fingerprint density at radius 2 is 1.79 bits per heavy atom. The Morgan fingerprint density at radius 1 is 1.21 bits per heavy atom. The molecule has 8 heteroatoms. The van der Waals surface area contributed by atoms with E-state index in [2.05, 4.69) is 6.58 Å². The molecule has 1 aromatic carbocycles. The zero-order chi connectivity index (χ0) is 17.3. The van der Waals surface area contributed by atoms with E-state index >= 15 is 0 Å². The summed E-state index contributed by atoms with van der Waals surface area (Å²) in [5, 5.41) is 0. The number of morpholine rings is 2. The molecule has 0 aliphatic carbocycles. The number of sulfonamides is 1. The number of ether oxygens (including phenoxy) is 2. The molecule has 0 spiro atoms. The van der Waals surface area contributed by atoms with E-state index in [0.717, 1.165) is 0 Å². The molecule has 2 saturated heterocycles. The molecule has 2 bridgehead atoms. The molecule has 0 aromatic heterocycles. The number of hydrogen-bond donors (Lipinski definition) is 0. The Hall–Kier alpha value is -1.90. The molecule has 0 unspecified atom stereocenters. The zero-order valence-corrected chi connectivity index (χ0v) is 14.2. The summed E-state index contributed by atoms with van der Waals surface area (Å²) in [7, 11) is -2.07. The van der Waals surface area contributed by atoms with Gasteiger partial charge in [-0.25, -0.2) is 8.42 Å². The molecule has 3 rings (SSSR count). The van der Waals surface area contributed by atoms with Crippen LogP contribution in [0.5, 0.6) is 5.75 Å². The maximum absolute atomic E-state index is 12.8. The second-order valence-corrected chi connectivity index (χ2v) is 7.76. The Bertz CT molecular complexity index is 717. The minimum Gasteiger partial charge on any atom is -0.497 e. The first-order valence-corrected chi connectivity index (χ1v) is 9.09. The summed E-state index contributed by atoms with van der Waals surface area (Å²) in [4.78, 5) is 13.6. The van der Waals surface area contributed by atoms with Gasteiger partial charge in [-0.2, -0.15) is 4.31 Å². The van der Waals surface area contributed by atoms with Crippen molar-refractivity contribution in [3.05, 3.63) is 36.9 Å². The van der Waals surface area contributed by atoms with Gasteiger partial charge in [-0.1, -0.05) is 6.58 Å². The van der Waals surface area contributed by atoms with Crippen LogP contribution in [0.3, 0.4) is 0 Å². The van der Waals surface area contributed by atoms with Crippen molar-refractivity contribution in [2.24, 2.45) is 0 Å². The van der Waals surface area contributed by atoms with E-state index in [4.69, 9.17) is 9.47 Å². The highest BCUT2D eigenvalue weighted by atomic mass is 32.2. The van der Waals surface area contributed by atoms with Gasteiger partial charge < -0.3 is 14.4 Å². The summed E-state index contributed by atoms with van der Waals surface area (Å²) in [5.41, 5.74) is 0. The number of methoxy groups -OCH3 is 1. The largest absolute Gasteiger partial charge is 0.497 e. The molecular weight excluding hydrogens is 332 g/mol. The number of rotatable bonds is 4. The van der Waals surface area contributed by atoms with Crippen molar-refractivity contribution in [2.45, 2.75) is 17.1 Å². The van der Waals surface area contributed by atoms with Gasteiger partial charge in [0.1, 0.15) is 5.75 Å². The summed E-state index contributed by atoms with van der Waals surface area (Å²) in [6.45, 7) is 4.69. The molecule has 0 radical (unpaired) electrons. The van der Waals surface area contributed by atoms with Gasteiger partial charge in [0.25, 0.3) is 0 Å². The molecule has 0 saturated carbocycles. The first kappa shape index (κ1) is 16.9. The molecule has 0 N–H and O–H groups in total. The van der Waals surface area contributed by atoms with Crippen molar-refractivity contribution in [1.29, 1.82) is 0 Å². The summed E-state index contributed by atoms with van der Waals surface area (Å²) in [6, 6.07) is 6.32. The van der Waals surface area contributed by atoms with Crippen molar-refractivity contribution in [1.82, 2.24) is 9.21 Å². The van der Waals surface area contributed by atoms with Crippen LogP contribution in [0.1, 0.15) is 0 Å². The summed E-state index contributed by atoms with van der Waals surface area (Å²) in [6.07, 6.45) is 0.622. The number of nitrogens with zero attached hydrogens (tertiary/aromatic N) is 2. The minimum atomic E-state index is -3.60. The second kappa shape index (κ2) is 6.54. The average molecular weight is 352 g/mol. The van der Waals surface area contributed by atoms with Crippen LogP contribution in [0.2, 0.25) is 0 Å². The number of hydrogen-bond acceptors (Lipinski definition) is 5. The maximum atomic E-state index is 12.8. The van der Waals surface area contributed by atoms with Crippen LogP contribution in [0, 0.1) is 0 Å². The highest BCUT2D eigenvalue weighted by Gasteiger charge is 2.40. The predicted molar refractivity (Wildman–Crippen MR) is 87.2 cm³/mol. The lowest BCUT2D eigenvalue weighted by molar-refractivity contribution is -0.150. The van der Waals surface area contributed by atoms with Crippen molar-refractivity contribution in [3.8, 4) is 5.75 Å². The van der Waals surface area contributed by atoms with E-state index in [9.17, 15) is 13.2 Å². The molecule has 1 amide bonds. The van der Waals surface area contributed by atoms with Gasteiger partial charge in [-0.3, -0.25) is 4.79 Å². The third kappa shape index (κ3) is 3.17. The van der Waals surface area contributed by atoms with Gasteiger partial charge >= 0.3 is 0 Å². The van der Waals surface area contributed by atoms with E-state index in [1.807, 2.05) is 0 Å². The third-order valence-corrected chi connectivity index (χ3v) is 6.08. The fraction of sp³-hybridized carbons (Fsp3) is 0.438. The molecule has 2 aliphatic heterocycles. The Labute approximate surface area is 141 Å². The van der Waals surface area contributed by atoms with Gasteiger partial charge in [-0.05, 0) is 30.3 Å². The van der Waals surface area contributed by atoms with Crippen LogP contribution < -0.4 is 4.74 Å². The Kier molecular flexibility index (Phi) is 4.62. The molecule has 130 valence electrons. The predicted octanol–water partition coefficient (Wildman–Crippen LogP) is 0.481. The van der Waals surface area contributed by atoms with Crippen LogP contribution in [0.4, 0.5) is 0 Å². The molecule has 2 aliphatic rings. The monoisotopic (exact) mass is 352 g/mol. The summed E-state index contributed by atoms with van der Waals surface area (Å²) >= 11 is 0. The smallest absolute Gasteiger partial charge is 0.246 e. The summed E-state index contributed by atoms with van der Waals surface area (Å²) < 4.78 is 37.9. The fourth-order valence-electron chi connectivity index (χ4n) is 3.06. The lowest BCUT2D eigenvalue weighted by Crippen LogP contribution is -2.61. The van der Waals surface area contributed by atoms with Gasteiger partial charge in [0.15, 0.2) is 0 Å². The Morgan fingerprint density at radius 3 is 2.29 bits per heavy atom. The molecule has 24 heavy (non-hydrogen) atoms. The van der Waals surface area contributed by atoms with E-state index < -0.39 is 10.0 Å². The van der Waals surface area contributed by atoms with Gasteiger partial charge in [0.2, 0.25) is 15.9 Å². The number of amides is 1. The molecular formula is C16H20N2O5S. The lowest BCUT2D eigenvalue weighted by atomic mass is 10.1. The first-order chi connectivity index (χ1) is 11.4. The van der Waals surface area contributed by atoms with Crippen molar-refractivity contribution in [2.75, 3.05) is 33.3 Å². The molecule has 7 nitrogen and oxygen atoms in total. The third-order valence-electron chi connectivity index (χ3n) is 4.23. The van der Waals surface area contributed by atoms with E-state index in [0.29, 0.717) is 18.8 Å². The van der Waals surface area contributed by atoms with Gasteiger partial charge in [0.05, 0.1) is 24.2 Å². The standard InChI is InChI=1S/C16H20N2O5S/c1-3-16(19)17-8-13-10-18(11-14(9-17)23-13)24(20,21)15-6-4-12(22-2)5-7-15/h3-7,13-14H,1,8-11H2,2H3/t13-,14+. The maximum Gasteiger partial charge on any atom is 0.246 e. The minimum absolute atomic E-state index is 0.153. The first-order valence-electron chi connectivity index (χ1n) is 7.65. The zero-order valence-electron chi connectivity index (χ0n) is 13.4. The number of carbonyl (C=O) groups is 1. The summed E-state index contributed by atoms with van der Waals surface area (Å²) in [5.74, 6) is 0.450. The number of carbonyl (C=O) groups excluding carboxylic acids is 1. The van der Waals surface area contributed by atoms with E-state index in [-0.39, 0.29) is 36.1 Å². The highest BCUT2D eigenvalue weighted by molar-refractivity contribution is 7.89. The number of benzene rings is 1. The van der Waals surface area contributed by atoms with E-state index in [1.165, 1.54) is 29.6 Å². The molecule has 2 heterocycles. The highest BCUT2D eigenvalue weighted by Crippen LogP contribution is 2.26. The van der Waals surface area contributed by atoms with Crippen LogP contribution in [-0.2, 0) is 19.6 Å². The number of fused-ring (bicyclic) bond motifs is 2. The van der Waals surface area contributed by atoms with Crippen molar-refractivity contribution < 1.29 is 22.7 Å². The van der Waals surface area contributed by atoms with Gasteiger partial charge in [0, 0.05) is 26.2 Å². The van der Waals surface area contributed by atoms with Crippen molar-refractivity contribution >= 4 is 15.9 Å². The normalized spacial score (nSPS) is 24.5. The topological polar surface area (TPSA) is 76.2 Å². The average Bonchev–Trinajstić information content (AvgIpc) is 2.60. The van der Waals surface area contributed by atoms with E-state index in [1.54, 1.807) is 17.0 Å². The Balaban J connectivity index is 1.77. The van der Waals surface area contributed by atoms with Gasteiger partial charge in [-0.15, -0.1) is 0 Å². The fourth-order valence-corrected chi connectivity index (χ4v) is 4.56. The second-order valence-electron chi connectivity index (χ2n) is 5.82. The molecule has 2 fully saturated rings. The molecule has 2 atom stereocenters. The van der Waals surface area contributed by atoms with Crippen LogP contribution in [0.15, 0.2) is 41.8 Å². The quantitative estimate of drug-likeness (QED) is 0.737. The molecule has 1 aromatic rings. The lowest BCUT2D eigenvalue weighted by Gasteiger charge is -2.44. The van der Waals surface area contributed by atoms with Crippen LogP contribution in [-0.4, -0.2) is 69.0 Å². The SMILES string of the molecule is C=CC(=O)N1C[C@@H]2CN(S(=O)(=O)c3ccc(OC)cc3)C[C@H](C1)O2. The van der Waals surface area contributed by atoms with Crippen LogP contribution >= 0.6 is 0 Å². The van der Waals surface area contributed by atoms with Crippen LogP contribution in [0.25, 0.3) is 0 Å².